The third kappa shape index (κ3) is 2.15. The molecule has 3 heteroatoms. The van der Waals surface area contributed by atoms with E-state index in [-0.39, 0.29) is 6.10 Å². The summed E-state index contributed by atoms with van der Waals surface area (Å²) in [6.45, 7) is 6.06. The smallest absolute Gasteiger partial charge is 0.0795 e. The first kappa shape index (κ1) is 8.37. The van der Waals surface area contributed by atoms with Crippen LogP contribution in [-0.4, -0.2) is 34.8 Å². The number of β-amino-alcohol motifs (C(OH)–C–C–N with tert-alkyl or cyclic N) is 1. The van der Waals surface area contributed by atoms with Gasteiger partial charge in [0.1, 0.15) is 0 Å². The van der Waals surface area contributed by atoms with E-state index in [1.807, 2.05) is 11.8 Å². The summed E-state index contributed by atoms with van der Waals surface area (Å²) >= 11 is 1.86. The summed E-state index contributed by atoms with van der Waals surface area (Å²) in [4.78, 5) is 0. The van der Waals surface area contributed by atoms with Crippen LogP contribution in [0.2, 0.25) is 0 Å². The first-order valence-electron chi connectivity index (χ1n) is 3.74. The molecule has 1 saturated heterocycles. The van der Waals surface area contributed by atoms with Crippen molar-refractivity contribution in [1.82, 2.24) is 5.32 Å². The maximum Gasteiger partial charge on any atom is 0.0795 e. The molecule has 0 aromatic heterocycles. The number of thioether (sulfide) groups is 1. The van der Waals surface area contributed by atoms with E-state index in [1.165, 1.54) is 0 Å². The number of aliphatic hydroxyl groups is 1. The highest BCUT2D eigenvalue weighted by Gasteiger charge is 2.25. The van der Waals surface area contributed by atoms with Gasteiger partial charge >= 0.3 is 0 Å². The van der Waals surface area contributed by atoms with E-state index < -0.39 is 0 Å². The van der Waals surface area contributed by atoms with E-state index in [0.717, 1.165) is 13.1 Å². The molecule has 1 rings (SSSR count). The van der Waals surface area contributed by atoms with Crippen LogP contribution in [0.3, 0.4) is 0 Å². The van der Waals surface area contributed by atoms with Gasteiger partial charge in [-0.1, -0.05) is 13.8 Å². The molecule has 0 spiro atoms. The molecule has 0 aromatic rings. The minimum atomic E-state index is -0.132. The second-order valence-corrected chi connectivity index (χ2v) is 4.77. The zero-order valence-electron chi connectivity index (χ0n) is 6.50. The highest BCUT2D eigenvalue weighted by atomic mass is 32.2. The van der Waals surface area contributed by atoms with Crippen molar-refractivity contribution in [3.63, 3.8) is 0 Å². The summed E-state index contributed by atoms with van der Waals surface area (Å²) in [7, 11) is 0. The molecule has 0 saturated carbocycles. The third-order valence-corrected chi connectivity index (χ3v) is 2.95. The maximum absolute atomic E-state index is 9.35. The second kappa shape index (κ2) is 3.60. The van der Waals surface area contributed by atoms with Gasteiger partial charge in [0.2, 0.25) is 0 Å². The van der Waals surface area contributed by atoms with Crippen molar-refractivity contribution >= 4 is 11.8 Å². The summed E-state index contributed by atoms with van der Waals surface area (Å²) in [6, 6.07) is 0. The Kier molecular flexibility index (Phi) is 3.01. The average Bonchev–Trinajstić information content (AvgIpc) is 2.15. The lowest BCUT2D eigenvalue weighted by molar-refractivity contribution is 0.201. The van der Waals surface area contributed by atoms with Crippen molar-refractivity contribution in [3.8, 4) is 0 Å². The van der Waals surface area contributed by atoms with Gasteiger partial charge in [0.15, 0.2) is 0 Å². The molecule has 2 atom stereocenters. The lowest BCUT2D eigenvalue weighted by Gasteiger charge is -2.14. The lowest BCUT2D eigenvalue weighted by Crippen LogP contribution is -2.21. The molecule has 2 unspecified atom stereocenters. The minimum absolute atomic E-state index is 0.132. The normalized spacial score (nSPS) is 33.6. The van der Waals surface area contributed by atoms with Crippen molar-refractivity contribution in [2.75, 3.05) is 13.1 Å². The Morgan fingerprint density at radius 3 is 2.60 bits per heavy atom. The number of aliphatic hydroxyl groups excluding tert-OH is 1. The first-order chi connectivity index (χ1) is 4.70. The standard InChI is InChI=1S/C7H15NOS/c1-5(2)10-7-4-8-3-6(7)9/h5-9H,3-4H2,1-2H3. The molecule has 0 amide bonds. The van der Waals surface area contributed by atoms with Gasteiger partial charge < -0.3 is 10.4 Å². The van der Waals surface area contributed by atoms with Crippen LogP contribution in [0.5, 0.6) is 0 Å². The third-order valence-electron chi connectivity index (χ3n) is 1.58. The van der Waals surface area contributed by atoms with Crippen LogP contribution < -0.4 is 5.32 Å². The molecular weight excluding hydrogens is 146 g/mol. The molecule has 1 aliphatic rings. The quantitative estimate of drug-likeness (QED) is 0.617. The average molecular weight is 161 g/mol. The topological polar surface area (TPSA) is 32.3 Å². The molecule has 0 aliphatic carbocycles. The molecule has 1 heterocycles. The minimum Gasteiger partial charge on any atom is -0.391 e. The Bertz CT molecular complexity index is 108. The lowest BCUT2D eigenvalue weighted by atomic mass is 10.3. The van der Waals surface area contributed by atoms with Crippen LogP contribution >= 0.6 is 11.8 Å². The highest BCUT2D eigenvalue weighted by molar-refractivity contribution is 8.00. The Balaban J connectivity index is 2.26. The van der Waals surface area contributed by atoms with Gasteiger partial charge in [-0.15, -0.1) is 0 Å². The molecule has 1 aliphatic heterocycles. The van der Waals surface area contributed by atoms with Gasteiger partial charge in [-0.05, 0) is 5.25 Å². The van der Waals surface area contributed by atoms with E-state index in [1.54, 1.807) is 0 Å². The summed E-state index contributed by atoms with van der Waals surface area (Å²) in [6.07, 6.45) is -0.132. The van der Waals surface area contributed by atoms with E-state index in [2.05, 4.69) is 19.2 Å². The summed E-state index contributed by atoms with van der Waals surface area (Å²) < 4.78 is 0. The van der Waals surface area contributed by atoms with Crippen molar-refractivity contribution < 1.29 is 5.11 Å². The van der Waals surface area contributed by atoms with Gasteiger partial charge in [0.25, 0.3) is 0 Å². The fourth-order valence-corrected chi connectivity index (χ4v) is 2.32. The van der Waals surface area contributed by atoms with Crippen LogP contribution in [0, 0.1) is 0 Å². The van der Waals surface area contributed by atoms with Crippen molar-refractivity contribution in [2.24, 2.45) is 0 Å². The predicted octanol–water partition coefficient (Wildman–Crippen LogP) is 0.461. The summed E-state index contributed by atoms with van der Waals surface area (Å²) in [5.74, 6) is 0. The van der Waals surface area contributed by atoms with Gasteiger partial charge in [-0.2, -0.15) is 11.8 Å². The number of rotatable bonds is 2. The van der Waals surface area contributed by atoms with Gasteiger partial charge in [-0.3, -0.25) is 0 Å². The molecule has 0 aromatic carbocycles. The van der Waals surface area contributed by atoms with Crippen LogP contribution in [0.4, 0.5) is 0 Å². The van der Waals surface area contributed by atoms with E-state index in [9.17, 15) is 5.11 Å². The largest absolute Gasteiger partial charge is 0.391 e. The number of nitrogens with one attached hydrogen (secondary N) is 1. The Morgan fingerprint density at radius 1 is 1.50 bits per heavy atom. The van der Waals surface area contributed by atoms with Gasteiger partial charge in [0, 0.05) is 18.3 Å². The van der Waals surface area contributed by atoms with Crippen LogP contribution in [0.15, 0.2) is 0 Å². The Labute approximate surface area is 66.4 Å². The molecule has 2 N–H and O–H groups in total. The number of hydrogen-bond donors (Lipinski definition) is 2. The Morgan fingerprint density at radius 2 is 2.20 bits per heavy atom. The molecule has 10 heavy (non-hydrogen) atoms. The summed E-state index contributed by atoms with van der Waals surface area (Å²) in [5, 5.41) is 13.6. The summed E-state index contributed by atoms with van der Waals surface area (Å²) in [5.41, 5.74) is 0. The molecule has 0 radical (unpaired) electrons. The van der Waals surface area contributed by atoms with Gasteiger partial charge in [0.05, 0.1) is 6.10 Å². The monoisotopic (exact) mass is 161 g/mol. The molecule has 2 nitrogen and oxygen atoms in total. The molecule has 0 bridgehead atoms. The zero-order chi connectivity index (χ0) is 7.56. The van der Waals surface area contributed by atoms with Crippen molar-refractivity contribution in [2.45, 2.75) is 30.5 Å². The van der Waals surface area contributed by atoms with Gasteiger partial charge in [-0.25, -0.2) is 0 Å². The van der Waals surface area contributed by atoms with Crippen LogP contribution in [0.1, 0.15) is 13.8 Å². The molecular formula is C7H15NOS. The van der Waals surface area contributed by atoms with E-state index >= 15 is 0 Å². The highest BCUT2D eigenvalue weighted by Crippen LogP contribution is 2.22. The van der Waals surface area contributed by atoms with E-state index in [0.29, 0.717) is 10.5 Å². The zero-order valence-corrected chi connectivity index (χ0v) is 7.32. The SMILES string of the molecule is CC(C)SC1CNCC1O. The van der Waals surface area contributed by atoms with Crippen molar-refractivity contribution in [3.05, 3.63) is 0 Å². The first-order valence-corrected chi connectivity index (χ1v) is 4.68. The second-order valence-electron chi connectivity index (χ2n) is 2.95. The molecule has 60 valence electrons. The fraction of sp³-hybridized carbons (Fsp3) is 1.00. The Hall–Kier alpha value is 0.270. The molecule has 1 fully saturated rings. The van der Waals surface area contributed by atoms with E-state index in [4.69, 9.17) is 0 Å². The van der Waals surface area contributed by atoms with Crippen LogP contribution in [0.25, 0.3) is 0 Å². The van der Waals surface area contributed by atoms with Crippen LogP contribution in [-0.2, 0) is 0 Å². The fourth-order valence-electron chi connectivity index (χ4n) is 1.13. The van der Waals surface area contributed by atoms with Crippen molar-refractivity contribution in [1.29, 1.82) is 0 Å². The maximum atomic E-state index is 9.35. The predicted molar refractivity (Wildman–Crippen MR) is 45.4 cm³/mol. The number of hydrogen-bond acceptors (Lipinski definition) is 3.